The molecule has 2 nitrogen and oxygen atoms in total. The first-order valence-electron chi connectivity index (χ1n) is 13.4. The van der Waals surface area contributed by atoms with Gasteiger partial charge in [-0.2, -0.15) is 0 Å². The number of hydrogen-bond acceptors (Lipinski definition) is 2. The highest BCUT2D eigenvalue weighted by Crippen LogP contribution is 2.22. The molecule has 29 heavy (non-hydrogen) atoms. The lowest BCUT2D eigenvalue weighted by Crippen LogP contribution is -2.48. The molecule has 3 heteroatoms. The maximum absolute atomic E-state index is 7.00. The van der Waals surface area contributed by atoms with Gasteiger partial charge in [-0.05, 0) is 34.1 Å². The van der Waals surface area contributed by atoms with Crippen LogP contribution in [0, 0.1) is 0 Å². The maximum Gasteiger partial charge on any atom is 0.461 e. The minimum absolute atomic E-state index is 0.344. The van der Waals surface area contributed by atoms with E-state index in [4.69, 9.17) is 3.79 Å². The predicted molar refractivity (Wildman–Crippen MR) is 134 cm³/mol. The van der Waals surface area contributed by atoms with Crippen LogP contribution in [0.3, 0.4) is 0 Å². The third-order valence-electron chi connectivity index (χ3n) is 6.17. The summed E-state index contributed by atoms with van der Waals surface area (Å²) in [6, 6.07) is 1.12. The predicted octanol–water partition coefficient (Wildman–Crippen LogP) is 8.96. The molecule has 0 radical (unpaired) electrons. The Balaban J connectivity index is 4.69. The Labute approximate surface area is 190 Å². The van der Waals surface area contributed by atoms with Crippen LogP contribution in [-0.2, 0) is 3.79 Å². The van der Waals surface area contributed by atoms with Crippen molar-refractivity contribution in [2.45, 2.75) is 167 Å². The van der Waals surface area contributed by atoms with Gasteiger partial charge in [-0.3, -0.25) is 4.90 Å². The zero-order valence-electron chi connectivity index (χ0n) is 21.5. The van der Waals surface area contributed by atoms with Crippen molar-refractivity contribution in [3.05, 3.63) is 0 Å². The average molecular weight is 426 g/mol. The first kappa shape index (κ1) is 29.5. The Morgan fingerprint density at radius 3 is 1.38 bits per heavy atom. The van der Waals surface area contributed by atoms with E-state index in [0.29, 0.717) is 18.3 Å². The SMILES string of the molecule is CCCCCCC[CH2][Al]([CH2]CCCCCCC)[O]C(CCC)N(C(C)C)C(C)C. The van der Waals surface area contributed by atoms with Gasteiger partial charge in [0.2, 0.25) is 0 Å². The lowest BCUT2D eigenvalue weighted by atomic mass is 10.1. The zero-order chi connectivity index (χ0) is 21.9. The zero-order valence-corrected chi connectivity index (χ0v) is 22.6. The van der Waals surface area contributed by atoms with Crippen LogP contribution in [0.2, 0.25) is 10.6 Å². The van der Waals surface area contributed by atoms with Crippen molar-refractivity contribution in [1.82, 2.24) is 4.90 Å². The molecule has 0 fully saturated rings. The maximum atomic E-state index is 7.00. The molecule has 0 aromatic carbocycles. The molecule has 174 valence electrons. The normalized spacial score (nSPS) is 13.0. The van der Waals surface area contributed by atoms with E-state index in [0.717, 1.165) is 0 Å². The van der Waals surface area contributed by atoms with Crippen molar-refractivity contribution in [3.8, 4) is 0 Å². The third kappa shape index (κ3) is 15.8. The van der Waals surface area contributed by atoms with Gasteiger partial charge in [-0.15, -0.1) is 0 Å². The minimum Gasteiger partial charge on any atom is -0.487 e. The number of nitrogens with zero attached hydrogens (tertiary/aromatic N) is 1. The molecule has 0 spiro atoms. The van der Waals surface area contributed by atoms with E-state index >= 15 is 0 Å². The van der Waals surface area contributed by atoms with Crippen LogP contribution < -0.4 is 0 Å². The molecule has 0 amide bonds. The van der Waals surface area contributed by atoms with Crippen LogP contribution >= 0.6 is 0 Å². The van der Waals surface area contributed by atoms with Gasteiger partial charge in [0, 0.05) is 12.1 Å². The van der Waals surface area contributed by atoms with Crippen molar-refractivity contribution in [3.63, 3.8) is 0 Å². The monoisotopic (exact) mass is 425 g/mol. The molecule has 0 aliphatic rings. The molecule has 0 aliphatic heterocycles. The first-order valence-corrected chi connectivity index (χ1v) is 15.5. The molecule has 0 saturated carbocycles. The van der Waals surface area contributed by atoms with Crippen molar-refractivity contribution in [2.75, 3.05) is 0 Å². The van der Waals surface area contributed by atoms with Gasteiger partial charge in [0.15, 0.2) is 0 Å². The molecule has 0 aromatic rings. The smallest absolute Gasteiger partial charge is 0.461 e. The molecule has 0 aliphatic carbocycles. The highest BCUT2D eigenvalue weighted by atomic mass is 27.2. The van der Waals surface area contributed by atoms with Crippen molar-refractivity contribution in [1.29, 1.82) is 0 Å². The Morgan fingerprint density at radius 1 is 0.586 bits per heavy atom. The van der Waals surface area contributed by atoms with Gasteiger partial charge >= 0.3 is 14.5 Å². The van der Waals surface area contributed by atoms with Gasteiger partial charge in [0.25, 0.3) is 0 Å². The molecule has 0 bridgehead atoms. The van der Waals surface area contributed by atoms with Crippen LogP contribution in [0.25, 0.3) is 0 Å². The Morgan fingerprint density at radius 2 is 1.00 bits per heavy atom. The van der Waals surface area contributed by atoms with Crippen LogP contribution in [0.4, 0.5) is 0 Å². The van der Waals surface area contributed by atoms with E-state index in [1.165, 1.54) is 100 Å². The van der Waals surface area contributed by atoms with Gasteiger partial charge in [-0.1, -0.05) is 115 Å². The summed E-state index contributed by atoms with van der Waals surface area (Å²) in [5.41, 5.74) is 0. The molecule has 0 N–H and O–H groups in total. The van der Waals surface area contributed by atoms with Crippen LogP contribution in [-0.4, -0.2) is 37.7 Å². The highest BCUT2D eigenvalue weighted by molar-refractivity contribution is 6.51. The van der Waals surface area contributed by atoms with E-state index in [1.807, 2.05) is 0 Å². The Hall–Kier alpha value is 0.452. The summed E-state index contributed by atoms with van der Waals surface area (Å²) in [5, 5.41) is 2.79. The second-order valence-electron chi connectivity index (χ2n) is 9.75. The number of hydrogen-bond donors (Lipinski definition) is 0. The summed E-state index contributed by atoms with van der Waals surface area (Å²) in [6.45, 7) is 16.3. The molecular weight excluding hydrogens is 369 g/mol. The Bertz CT molecular complexity index is 311. The lowest BCUT2D eigenvalue weighted by Gasteiger charge is -2.40. The Kier molecular flexibility index (Phi) is 20.7. The van der Waals surface area contributed by atoms with Crippen molar-refractivity contribution in [2.24, 2.45) is 0 Å². The number of unbranched alkanes of at least 4 members (excludes halogenated alkanes) is 10. The fraction of sp³-hybridized carbons (Fsp3) is 1.00. The number of rotatable bonds is 21. The van der Waals surface area contributed by atoms with E-state index in [1.54, 1.807) is 0 Å². The van der Waals surface area contributed by atoms with Crippen molar-refractivity contribution < 1.29 is 3.79 Å². The standard InChI is InChI=1S/C10H22NO.2C8H17.Al/c1-6-7-10(12)11(8(2)3)9(4)5;2*1-3-5-7-8-6-4-2;/h8-10H,6-7H2,1-5H3;2*1,3-8H2,2H3;/q-1;;;+1. The first-order chi connectivity index (χ1) is 14.0. The van der Waals surface area contributed by atoms with Crippen LogP contribution in [0.1, 0.15) is 138 Å². The van der Waals surface area contributed by atoms with E-state index in [9.17, 15) is 0 Å². The van der Waals surface area contributed by atoms with Gasteiger partial charge < -0.3 is 3.79 Å². The molecule has 0 saturated heterocycles. The summed E-state index contributed by atoms with van der Waals surface area (Å²) >= 11 is -1.12. The fourth-order valence-corrected chi connectivity index (χ4v) is 7.37. The molecular formula is C26H56AlNO. The topological polar surface area (TPSA) is 12.5 Å². The fourth-order valence-electron chi connectivity index (χ4n) is 4.60. The third-order valence-corrected chi connectivity index (χ3v) is 8.97. The second-order valence-corrected chi connectivity index (χ2v) is 12.4. The largest absolute Gasteiger partial charge is 0.487 e. The average Bonchev–Trinajstić information content (AvgIpc) is 2.66. The highest BCUT2D eigenvalue weighted by Gasteiger charge is 2.29. The molecule has 0 heterocycles. The molecule has 1 atom stereocenters. The summed E-state index contributed by atoms with van der Waals surface area (Å²) in [5.74, 6) is 0. The molecule has 0 aromatic heterocycles. The lowest BCUT2D eigenvalue weighted by molar-refractivity contribution is -0.0269. The van der Waals surface area contributed by atoms with Gasteiger partial charge in [0.1, 0.15) is 0 Å². The summed E-state index contributed by atoms with van der Waals surface area (Å²) in [6.07, 6.45) is 19.6. The molecule has 1 unspecified atom stereocenters. The summed E-state index contributed by atoms with van der Waals surface area (Å²) in [4.78, 5) is 2.63. The molecule has 0 rings (SSSR count). The van der Waals surface area contributed by atoms with E-state index in [-0.39, 0.29) is 0 Å². The van der Waals surface area contributed by atoms with Gasteiger partial charge in [0.05, 0.1) is 6.23 Å². The van der Waals surface area contributed by atoms with Gasteiger partial charge in [-0.25, -0.2) is 0 Å². The van der Waals surface area contributed by atoms with Crippen LogP contribution in [0.15, 0.2) is 0 Å². The van der Waals surface area contributed by atoms with E-state index in [2.05, 4.69) is 53.4 Å². The van der Waals surface area contributed by atoms with Crippen LogP contribution in [0.5, 0.6) is 0 Å². The minimum atomic E-state index is -1.12. The second kappa shape index (κ2) is 20.4. The van der Waals surface area contributed by atoms with Crippen molar-refractivity contribution >= 4 is 14.5 Å². The quantitative estimate of drug-likeness (QED) is 0.103. The summed E-state index contributed by atoms with van der Waals surface area (Å²) < 4.78 is 7.00. The summed E-state index contributed by atoms with van der Waals surface area (Å²) in [7, 11) is 0. The van der Waals surface area contributed by atoms with E-state index < -0.39 is 14.5 Å².